The van der Waals surface area contributed by atoms with Gasteiger partial charge in [0.05, 0.1) is 12.1 Å². The number of halogens is 1. The Hall–Kier alpha value is -2.16. The molecule has 2 aromatic rings. The smallest absolute Gasteiger partial charge is 0.383 e. The maximum Gasteiger partial charge on any atom is 0.383 e. The summed E-state index contributed by atoms with van der Waals surface area (Å²) in [6.07, 6.45) is 1.23. The second kappa shape index (κ2) is 8.03. The molecule has 26 heavy (non-hydrogen) atoms. The molecule has 0 bridgehead atoms. The van der Waals surface area contributed by atoms with Gasteiger partial charge < -0.3 is 20.1 Å². The summed E-state index contributed by atoms with van der Waals surface area (Å²) in [7, 11) is 5.89. The number of imidazole rings is 1. The first-order valence-corrected chi connectivity index (χ1v) is 8.49. The van der Waals surface area contributed by atoms with Crippen LogP contribution in [-0.4, -0.2) is 57.8 Å². The molecule has 0 radical (unpaired) electrons. The number of nitro groups is 1. The van der Waals surface area contributed by atoms with Crippen molar-refractivity contribution in [1.82, 2.24) is 14.5 Å². The summed E-state index contributed by atoms with van der Waals surface area (Å²) in [6, 6.07) is 8.20. The minimum atomic E-state index is -1.13. The van der Waals surface area contributed by atoms with Crippen LogP contribution in [0.1, 0.15) is 12.5 Å². The normalized spacial score (nSPS) is 13.7. The molecular formula is C17H24ClN5O3. The van der Waals surface area contributed by atoms with E-state index in [4.69, 9.17) is 11.6 Å². The number of likely N-dealkylation sites (N-methyl/N-ethyl adjacent to an activating group) is 1. The van der Waals surface area contributed by atoms with Crippen LogP contribution in [0.4, 0.5) is 11.5 Å². The van der Waals surface area contributed by atoms with Crippen LogP contribution in [-0.2, 0) is 13.1 Å². The van der Waals surface area contributed by atoms with Gasteiger partial charge in [-0.3, -0.25) is 9.47 Å². The molecule has 0 saturated carbocycles. The number of hydrogen-bond acceptors (Lipinski definition) is 6. The van der Waals surface area contributed by atoms with Gasteiger partial charge in [0.15, 0.2) is 0 Å². The maximum atomic E-state index is 10.8. The predicted molar refractivity (Wildman–Crippen MR) is 102 cm³/mol. The summed E-state index contributed by atoms with van der Waals surface area (Å²) in [5.41, 5.74) is 1.13. The Morgan fingerprint density at radius 1 is 1.31 bits per heavy atom. The molecule has 0 unspecified atom stereocenters. The second-order valence-electron chi connectivity index (χ2n) is 6.98. The van der Waals surface area contributed by atoms with Crippen LogP contribution in [0.5, 0.6) is 0 Å². The number of rotatable bonds is 8. The first-order chi connectivity index (χ1) is 12.1. The van der Waals surface area contributed by atoms with Crippen LogP contribution in [0.25, 0.3) is 0 Å². The van der Waals surface area contributed by atoms with Crippen molar-refractivity contribution in [2.24, 2.45) is 0 Å². The molecule has 0 aliphatic heterocycles. The van der Waals surface area contributed by atoms with E-state index in [0.717, 1.165) is 11.3 Å². The van der Waals surface area contributed by atoms with E-state index in [1.165, 1.54) is 10.8 Å². The molecular weight excluding hydrogens is 358 g/mol. The van der Waals surface area contributed by atoms with Gasteiger partial charge in [0.1, 0.15) is 6.20 Å². The van der Waals surface area contributed by atoms with Crippen LogP contribution in [0.3, 0.4) is 0 Å². The van der Waals surface area contributed by atoms with Crippen molar-refractivity contribution in [3.63, 3.8) is 0 Å². The molecule has 142 valence electrons. The van der Waals surface area contributed by atoms with Crippen LogP contribution in [0.15, 0.2) is 30.5 Å². The van der Waals surface area contributed by atoms with Crippen molar-refractivity contribution in [3.05, 3.63) is 51.4 Å². The first-order valence-electron chi connectivity index (χ1n) is 8.11. The van der Waals surface area contributed by atoms with Crippen molar-refractivity contribution < 1.29 is 10.0 Å². The Morgan fingerprint density at radius 3 is 2.42 bits per heavy atom. The van der Waals surface area contributed by atoms with E-state index in [1.807, 2.05) is 43.1 Å². The molecule has 0 saturated heterocycles. The van der Waals surface area contributed by atoms with Crippen molar-refractivity contribution in [3.8, 4) is 0 Å². The molecule has 1 aromatic heterocycles. The SMILES string of the molecule is CN(Cc1ccc(N(C)C)cc1)C[C@](C)(O)Cn1cc([N+](=O)[O-])nc1Cl. The fourth-order valence-corrected chi connectivity index (χ4v) is 3.04. The van der Waals surface area contributed by atoms with Gasteiger partial charge in [-0.15, -0.1) is 0 Å². The number of benzene rings is 1. The highest BCUT2D eigenvalue weighted by molar-refractivity contribution is 6.28. The van der Waals surface area contributed by atoms with Gasteiger partial charge in [0.2, 0.25) is 0 Å². The molecule has 0 aliphatic carbocycles. The molecule has 1 aromatic carbocycles. The lowest BCUT2D eigenvalue weighted by molar-refractivity contribution is -0.389. The van der Waals surface area contributed by atoms with Gasteiger partial charge >= 0.3 is 11.1 Å². The Bertz CT molecular complexity index is 758. The molecule has 0 aliphatic rings. The monoisotopic (exact) mass is 381 g/mol. The summed E-state index contributed by atoms with van der Waals surface area (Å²) in [5, 5.41) is 21.4. The zero-order valence-electron chi connectivity index (χ0n) is 15.4. The summed E-state index contributed by atoms with van der Waals surface area (Å²) < 4.78 is 1.39. The lowest BCUT2D eigenvalue weighted by Gasteiger charge is -2.29. The molecule has 2 rings (SSSR count). The van der Waals surface area contributed by atoms with Gasteiger partial charge in [0.25, 0.3) is 0 Å². The summed E-state index contributed by atoms with van der Waals surface area (Å²) in [6.45, 7) is 2.81. The maximum absolute atomic E-state index is 10.8. The quantitative estimate of drug-likeness (QED) is 0.558. The summed E-state index contributed by atoms with van der Waals surface area (Å²) >= 11 is 5.92. The lowest BCUT2D eigenvalue weighted by atomic mass is 10.1. The van der Waals surface area contributed by atoms with Crippen LogP contribution < -0.4 is 4.90 Å². The van der Waals surface area contributed by atoms with E-state index in [0.29, 0.717) is 13.1 Å². The first kappa shape index (κ1) is 20.2. The largest absolute Gasteiger partial charge is 0.387 e. The van der Waals surface area contributed by atoms with Crippen molar-refractivity contribution in [2.75, 3.05) is 32.6 Å². The molecule has 0 fully saturated rings. The van der Waals surface area contributed by atoms with E-state index in [-0.39, 0.29) is 17.6 Å². The average Bonchev–Trinajstić information content (AvgIpc) is 2.87. The molecule has 8 nitrogen and oxygen atoms in total. The van der Waals surface area contributed by atoms with Crippen LogP contribution in [0, 0.1) is 10.1 Å². The number of aliphatic hydroxyl groups is 1. The highest BCUT2D eigenvalue weighted by Crippen LogP contribution is 2.20. The fourth-order valence-electron chi connectivity index (χ4n) is 2.84. The van der Waals surface area contributed by atoms with Gasteiger partial charge in [-0.25, -0.2) is 0 Å². The standard InChI is InChI=1S/C17H24ClN5O3/c1-17(24,12-22-10-15(23(25)26)19-16(22)18)11-21(4)9-13-5-7-14(8-6-13)20(2)3/h5-8,10,24H,9,11-12H2,1-4H3/t17-/m0/s1. The minimum absolute atomic E-state index is 0.0149. The Labute approximate surface area is 157 Å². The zero-order valence-corrected chi connectivity index (χ0v) is 16.1. The molecule has 0 spiro atoms. The second-order valence-corrected chi connectivity index (χ2v) is 7.32. The third-order valence-electron chi connectivity index (χ3n) is 3.93. The van der Waals surface area contributed by atoms with Crippen molar-refractivity contribution >= 4 is 23.1 Å². The third-order valence-corrected chi connectivity index (χ3v) is 4.23. The highest BCUT2D eigenvalue weighted by Gasteiger charge is 2.27. The summed E-state index contributed by atoms with van der Waals surface area (Å²) in [4.78, 5) is 17.9. The Kier molecular flexibility index (Phi) is 6.22. The lowest BCUT2D eigenvalue weighted by Crippen LogP contribution is -2.42. The van der Waals surface area contributed by atoms with E-state index in [9.17, 15) is 15.2 Å². The van der Waals surface area contributed by atoms with Gasteiger partial charge in [-0.2, -0.15) is 0 Å². The van der Waals surface area contributed by atoms with E-state index < -0.39 is 10.5 Å². The van der Waals surface area contributed by atoms with Gasteiger partial charge in [-0.05, 0) is 53.2 Å². The fraction of sp³-hybridized carbons (Fsp3) is 0.471. The Morgan fingerprint density at radius 2 is 1.92 bits per heavy atom. The van der Waals surface area contributed by atoms with Gasteiger partial charge in [0, 0.05) is 32.9 Å². The number of aromatic nitrogens is 2. The van der Waals surface area contributed by atoms with Crippen molar-refractivity contribution in [2.45, 2.75) is 25.6 Å². The van der Waals surface area contributed by atoms with E-state index >= 15 is 0 Å². The number of nitrogens with zero attached hydrogens (tertiary/aromatic N) is 5. The average molecular weight is 382 g/mol. The Balaban J connectivity index is 1.98. The van der Waals surface area contributed by atoms with E-state index in [1.54, 1.807) is 6.92 Å². The molecule has 1 atom stereocenters. The highest BCUT2D eigenvalue weighted by atomic mass is 35.5. The molecule has 1 heterocycles. The number of anilines is 1. The number of hydrogen-bond donors (Lipinski definition) is 1. The molecule has 9 heteroatoms. The predicted octanol–water partition coefficient (Wildman–Crippen LogP) is 2.39. The van der Waals surface area contributed by atoms with Crippen molar-refractivity contribution in [1.29, 1.82) is 0 Å². The van der Waals surface area contributed by atoms with Gasteiger partial charge in [-0.1, -0.05) is 12.1 Å². The van der Waals surface area contributed by atoms with E-state index in [2.05, 4.69) is 17.1 Å². The zero-order chi connectivity index (χ0) is 19.5. The summed E-state index contributed by atoms with van der Waals surface area (Å²) in [5.74, 6) is -0.333. The van der Waals surface area contributed by atoms with Crippen LogP contribution in [0.2, 0.25) is 5.28 Å². The van der Waals surface area contributed by atoms with Crippen LogP contribution >= 0.6 is 11.6 Å². The third kappa shape index (κ3) is 5.42. The molecule has 0 amide bonds. The minimum Gasteiger partial charge on any atom is -0.387 e. The topological polar surface area (TPSA) is 87.7 Å². The molecule has 1 N–H and O–H groups in total.